The minimum Gasteiger partial charge on any atom is -0.339 e. The van der Waals surface area contributed by atoms with Crippen LogP contribution in [0.5, 0.6) is 0 Å². The molecular weight excluding hydrogens is 368 g/mol. The van der Waals surface area contributed by atoms with Gasteiger partial charge in [0.25, 0.3) is 5.56 Å². The largest absolute Gasteiger partial charge is 0.339 e. The molecule has 0 spiro atoms. The fourth-order valence-electron chi connectivity index (χ4n) is 2.46. The number of aryl methyl sites for hydroxylation is 2. The Kier molecular flexibility index (Phi) is 5.07. The zero-order chi connectivity index (χ0) is 19.1. The number of thiophene rings is 1. The van der Waals surface area contributed by atoms with Crippen molar-refractivity contribution in [2.45, 2.75) is 57.5 Å². The predicted octanol–water partition coefficient (Wildman–Crippen LogP) is 4.23. The van der Waals surface area contributed by atoms with Gasteiger partial charge in [-0.2, -0.15) is 4.98 Å². The zero-order valence-electron chi connectivity index (χ0n) is 15.6. The van der Waals surface area contributed by atoms with Gasteiger partial charge in [-0.1, -0.05) is 43.8 Å². The highest BCUT2D eigenvalue weighted by Gasteiger charge is 2.22. The molecule has 0 unspecified atom stereocenters. The number of allylic oxidation sites excluding steroid dienone is 1. The maximum absolute atomic E-state index is 12.9. The van der Waals surface area contributed by atoms with Gasteiger partial charge in [0.2, 0.25) is 5.89 Å². The normalized spacial score (nSPS) is 12.0. The van der Waals surface area contributed by atoms with E-state index in [0.29, 0.717) is 34.6 Å². The third-order valence-electron chi connectivity index (χ3n) is 4.01. The molecule has 0 saturated carbocycles. The van der Waals surface area contributed by atoms with Crippen LogP contribution in [0.4, 0.5) is 0 Å². The van der Waals surface area contributed by atoms with Crippen LogP contribution in [0.15, 0.2) is 27.1 Å². The Labute approximate surface area is 160 Å². The SMILES string of the molecule is C=CCn1c(SCc2noc(C(C)(C)C)n2)nc2sc(C)c(C)c2c1=O. The lowest BCUT2D eigenvalue weighted by atomic mass is 9.97. The van der Waals surface area contributed by atoms with Crippen molar-refractivity contribution in [3.63, 3.8) is 0 Å². The van der Waals surface area contributed by atoms with E-state index in [1.807, 2.05) is 34.6 Å². The number of hydrogen-bond acceptors (Lipinski definition) is 7. The van der Waals surface area contributed by atoms with E-state index in [1.54, 1.807) is 22.0 Å². The molecule has 0 bridgehead atoms. The number of nitrogens with zero attached hydrogens (tertiary/aromatic N) is 4. The first-order valence-electron chi connectivity index (χ1n) is 8.29. The molecule has 3 rings (SSSR count). The van der Waals surface area contributed by atoms with Crippen molar-refractivity contribution in [2.24, 2.45) is 0 Å². The van der Waals surface area contributed by atoms with Gasteiger partial charge in [-0.3, -0.25) is 9.36 Å². The molecule has 0 fully saturated rings. The lowest BCUT2D eigenvalue weighted by Crippen LogP contribution is -2.22. The number of fused-ring (bicyclic) bond motifs is 1. The van der Waals surface area contributed by atoms with E-state index < -0.39 is 0 Å². The molecule has 3 aromatic rings. The van der Waals surface area contributed by atoms with Gasteiger partial charge in [0.05, 0.1) is 11.1 Å². The molecule has 8 heteroatoms. The highest BCUT2D eigenvalue weighted by atomic mass is 32.2. The first kappa shape index (κ1) is 18.8. The molecule has 138 valence electrons. The first-order chi connectivity index (χ1) is 12.2. The summed E-state index contributed by atoms with van der Waals surface area (Å²) in [4.78, 5) is 24.0. The number of hydrogen-bond donors (Lipinski definition) is 0. The third-order valence-corrected chi connectivity index (χ3v) is 6.08. The van der Waals surface area contributed by atoms with E-state index in [-0.39, 0.29) is 11.0 Å². The Morgan fingerprint density at radius 1 is 1.31 bits per heavy atom. The maximum Gasteiger partial charge on any atom is 0.263 e. The van der Waals surface area contributed by atoms with Gasteiger partial charge in [-0.15, -0.1) is 17.9 Å². The van der Waals surface area contributed by atoms with Crippen LogP contribution in [0.25, 0.3) is 10.2 Å². The van der Waals surface area contributed by atoms with Crippen LogP contribution in [0.2, 0.25) is 0 Å². The lowest BCUT2D eigenvalue weighted by Gasteiger charge is -2.10. The molecule has 0 aliphatic carbocycles. The van der Waals surface area contributed by atoms with E-state index >= 15 is 0 Å². The van der Waals surface area contributed by atoms with Crippen molar-refractivity contribution in [1.82, 2.24) is 19.7 Å². The van der Waals surface area contributed by atoms with Gasteiger partial charge in [-0.05, 0) is 19.4 Å². The zero-order valence-corrected chi connectivity index (χ0v) is 17.3. The molecule has 0 atom stereocenters. The minimum absolute atomic E-state index is 0.0252. The molecule has 6 nitrogen and oxygen atoms in total. The summed E-state index contributed by atoms with van der Waals surface area (Å²) in [6, 6.07) is 0. The van der Waals surface area contributed by atoms with Crippen molar-refractivity contribution < 1.29 is 4.52 Å². The van der Waals surface area contributed by atoms with E-state index in [4.69, 9.17) is 9.51 Å². The Morgan fingerprint density at radius 3 is 2.65 bits per heavy atom. The highest BCUT2D eigenvalue weighted by Crippen LogP contribution is 2.29. The minimum atomic E-state index is -0.190. The average molecular weight is 391 g/mol. The summed E-state index contributed by atoms with van der Waals surface area (Å²) >= 11 is 2.98. The molecule has 0 aliphatic heterocycles. The Bertz CT molecular complexity index is 1020. The van der Waals surface area contributed by atoms with Crippen LogP contribution < -0.4 is 5.56 Å². The van der Waals surface area contributed by atoms with Crippen molar-refractivity contribution in [3.05, 3.63) is 45.2 Å². The van der Waals surface area contributed by atoms with Crippen LogP contribution in [-0.2, 0) is 17.7 Å². The standard InChI is InChI=1S/C18H22N4O2S2/c1-7-8-22-15(23)13-10(2)11(3)26-14(13)20-17(22)25-9-12-19-16(24-21-12)18(4,5)6/h7H,1,8-9H2,2-6H3. The molecule has 26 heavy (non-hydrogen) atoms. The number of aromatic nitrogens is 4. The first-order valence-corrected chi connectivity index (χ1v) is 10.1. The maximum atomic E-state index is 12.9. The molecule has 3 heterocycles. The van der Waals surface area contributed by atoms with Gasteiger partial charge in [0.15, 0.2) is 11.0 Å². The predicted molar refractivity (Wildman–Crippen MR) is 106 cm³/mol. The molecule has 0 aliphatic rings. The monoisotopic (exact) mass is 390 g/mol. The summed E-state index contributed by atoms with van der Waals surface area (Å²) in [6.07, 6.45) is 1.71. The molecule has 3 aromatic heterocycles. The van der Waals surface area contributed by atoms with E-state index in [0.717, 1.165) is 15.3 Å². The number of rotatable bonds is 5. The average Bonchev–Trinajstić information content (AvgIpc) is 3.14. The number of thioether (sulfide) groups is 1. The van der Waals surface area contributed by atoms with E-state index in [9.17, 15) is 4.79 Å². The fourth-order valence-corrected chi connectivity index (χ4v) is 4.38. The van der Waals surface area contributed by atoms with E-state index in [2.05, 4.69) is 16.7 Å². The lowest BCUT2D eigenvalue weighted by molar-refractivity contribution is 0.319. The summed E-state index contributed by atoms with van der Waals surface area (Å²) < 4.78 is 6.99. The molecule has 0 saturated heterocycles. The fraction of sp³-hybridized carbons (Fsp3) is 0.444. The van der Waals surface area contributed by atoms with Crippen LogP contribution in [0, 0.1) is 13.8 Å². The van der Waals surface area contributed by atoms with Crippen LogP contribution >= 0.6 is 23.1 Å². The summed E-state index contributed by atoms with van der Waals surface area (Å²) in [5.74, 6) is 1.68. The quantitative estimate of drug-likeness (QED) is 0.369. The van der Waals surface area contributed by atoms with Gasteiger partial charge < -0.3 is 4.52 Å². The van der Waals surface area contributed by atoms with Gasteiger partial charge in [-0.25, -0.2) is 4.98 Å². The third kappa shape index (κ3) is 3.48. The van der Waals surface area contributed by atoms with Crippen molar-refractivity contribution in [3.8, 4) is 0 Å². The van der Waals surface area contributed by atoms with Gasteiger partial charge in [0.1, 0.15) is 4.83 Å². The second-order valence-electron chi connectivity index (χ2n) is 7.12. The Hall–Kier alpha value is -1.93. The van der Waals surface area contributed by atoms with Crippen molar-refractivity contribution >= 4 is 33.3 Å². The smallest absolute Gasteiger partial charge is 0.263 e. The summed E-state index contributed by atoms with van der Waals surface area (Å²) in [5, 5.41) is 5.38. The summed E-state index contributed by atoms with van der Waals surface area (Å²) in [7, 11) is 0. The van der Waals surface area contributed by atoms with Crippen LogP contribution in [0.3, 0.4) is 0 Å². The summed E-state index contributed by atoms with van der Waals surface area (Å²) in [5.41, 5.74) is 0.789. The van der Waals surface area contributed by atoms with Gasteiger partial charge >= 0.3 is 0 Å². The van der Waals surface area contributed by atoms with E-state index in [1.165, 1.54) is 11.8 Å². The Morgan fingerprint density at radius 2 is 2.04 bits per heavy atom. The van der Waals surface area contributed by atoms with Crippen LogP contribution in [-0.4, -0.2) is 19.7 Å². The van der Waals surface area contributed by atoms with Crippen molar-refractivity contribution in [1.29, 1.82) is 0 Å². The van der Waals surface area contributed by atoms with Crippen LogP contribution in [0.1, 0.15) is 42.9 Å². The molecule has 0 radical (unpaired) electrons. The molecule has 0 N–H and O–H groups in total. The molecule has 0 aromatic carbocycles. The molecule has 0 amide bonds. The highest BCUT2D eigenvalue weighted by molar-refractivity contribution is 7.98. The second kappa shape index (κ2) is 7.00. The second-order valence-corrected chi connectivity index (χ2v) is 9.26. The Balaban J connectivity index is 1.96. The van der Waals surface area contributed by atoms with Gasteiger partial charge in [0, 0.05) is 16.8 Å². The summed E-state index contributed by atoms with van der Waals surface area (Å²) in [6.45, 7) is 14.2. The topological polar surface area (TPSA) is 73.8 Å². The van der Waals surface area contributed by atoms with Crippen molar-refractivity contribution in [2.75, 3.05) is 0 Å². The molecular formula is C18H22N4O2S2.